The molecule has 11 heteroatoms. The van der Waals surface area contributed by atoms with Crippen LogP contribution in [0.5, 0.6) is 0 Å². The van der Waals surface area contributed by atoms with E-state index >= 15 is 0 Å². The Morgan fingerprint density at radius 1 is 1.36 bits per heavy atom. The van der Waals surface area contributed by atoms with Crippen LogP contribution in [0.2, 0.25) is 5.02 Å². The number of benzene rings is 1. The van der Waals surface area contributed by atoms with Crippen LogP contribution >= 0.6 is 11.6 Å². The van der Waals surface area contributed by atoms with Crippen molar-refractivity contribution in [3.8, 4) is 6.07 Å². The SMILES string of the molecule is CC(C)(C)OC(=O)NCCN/C=C(/C#N)C(=O)Nc1ccc(Cl)c([N+](=O)[O-])c1. The fraction of sp³-hybridized carbons (Fsp3) is 0.353. The smallest absolute Gasteiger partial charge is 0.407 e. The van der Waals surface area contributed by atoms with Crippen LogP contribution in [0.1, 0.15) is 20.8 Å². The Hall–Kier alpha value is -3.32. The fourth-order valence-corrected chi connectivity index (χ4v) is 1.99. The molecule has 0 fully saturated rings. The molecular weight excluding hydrogens is 390 g/mol. The third kappa shape index (κ3) is 7.92. The molecule has 0 aliphatic heterocycles. The fourth-order valence-electron chi connectivity index (χ4n) is 1.80. The van der Waals surface area contributed by atoms with Crippen LogP contribution in [0, 0.1) is 21.4 Å². The lowest BCUT2D eigenvalue weighted by molar-refractivity contribution is -0.384. The van der Waals surface area contributed by atoms with E-state index in [-0.39, 0.29) is 35.1 Å². The van der Waals surface area contributed by atoms with Gasteiger partial charge in [-0.3, -0.25) is 14.9 Å². The van der Waals surface area contributed by atoms with Gasteiger partial charge in [-0.05, 0) is 32.9 Å². The van der Waals surface area contributed by atoms with Crippen LogP contribution in [0.25, 0.3) is 0 Å². The molecule has 10 nitrogen and oxygen atoms in total. The number of ether oxygens (including phenoxy) is 1. The Morgan fingerprint density at radius 2 is 2.04 bits per heavy atom. The predicted octanol–water partition coefficient (Wildman–Crippen LogP) is 2.71. The summed E-state index contributed by atoms with van der Waals surface area (Å²) < 4.78 is 5.06. The largest absolute Gasteiger partial charge is 0.444 e. The third-order valence-corrected chi connectivity index (χ3v) is 3.27. The molecule has 3 N–H and O–H groups in total. The van der Waals surface area contributed by atoms with Crippen molar-refractivity contribution < 1.29 is 19.2 Å². The summed E-state index contributed by atoms with van der Waals surface area (Å²) in [6.07, 6.45) is 0.594. The average Bonchev–Trinajstić information content (AvgIpc) is 2.57. The summed E-state index contributed by atoms with van der Waals surface area (Å²) >= 11 is 5.71. The van der Waals surface area contributed by atoms with Gasteiger partial charge >= 0.3 is 6.09 Å². The summed E-state index contributed by atoms with van der Waals surface area (Å²) in [5.74, 6) is -0.758. The number of nitro benzene ring substituents is 1. The zero-order valence-corrected chi connectivity index (χ0v) is 16.3. The van der Waals surface area contributed by atoms with E-state index in [9.17, 15) is 19.7 Å². The summed E-state index contributed by atoms with van der Waals surface area (Å²) in [6.45, 7) is 5.65. The van der Waals surface area contributed by atoms with Crippen LogP contribution in [0.15, 0.2) is 30.0 Å². The minimum Gasteiger partial charge on any atom is -0.444 e. The Bertz CT molecular complexity index is 826. The molecule has 0 aliphatic rings. The number of nitriles is 1. The van der Waals surface area contributed by atoms with Crippen LogP contribution in [0.3, 0.4) is 0 Å². The highest BCUT2D eigenvalue weighted by Crippen LogP contribution is 2.27. The molecule has 0 saturated carbocycles. The maximum absolute atomic E-state index is 12.1. The lowest BCUT2D eigenvalue weighted by Gasteiger charge is -2.19. The van der Waals surface area contributed by atoms with Gasteiger partial charge in [0.05, 0.1) is 4.92 Å². The lowest BCUT2D eigenvalue weighted by atomic mass is 10.2. The van der Waals surface area contributed by atoms with Gasteiger partial charge < -0.3 is 20.7 Å². The number of halogens is 1. The number of hydrogen-bond donors (Lipinski definition) is 3. The monoisotopic (exact) mass is 409 g/mol. The van der Waals surface area contributed by atoms with E-state index in [0.29, 0.717) is 0 Å². The second-order valence-corrected chi connectivity index (χ2v) is 6.84. The normalized spacial score (nSPS) is 11.2. The van der Waals surface area contributed by atoms with Crippen molar-refractivity contribution >= 4 is 35.0 Å². The molecule has 150 valence electrons. The van der Waals surface area contributed by atoms with Gasteiger partial charge in [0, 0.05) is 31.0 Å². The molecule has 0 spiro atoms. The number of nitro groups is 1. The maximum Gasteiger partial charge on any atom is 0.407 e. The summed E-state index contributed by atoms with van der Waals surface area (Å²) in [5, 5.41) is 27.5. The Morgan fingerprint density at radius 3 is 2.61 bits per heavy atom. The highest BCUT2D eigenvalue weighted by atomic mass is 35.5. The molecule has 2 amide bonds. The van der Waals surface area contributed by atoms with Crippen molar-refractivity contribution in [2.45, 2.75) is 26.4 Å². The maximum atomic E-state index is 12.1. The molecular formula is C17H20ClN5O5. The van der Waals surface area contributed by atoms with E-state index in [2.05, 4.69) is 16.0 Å². The predicted molar refractivity (Wildman–Crippen MR) is 103 cm³/mol. The second-order valence-electron chi connectivity index (χ2n) is 6.43. The number of hydrogen-bond acceptors (Lipinski definition) is 7. The molecule has 0 heterocycles. The van der Waals surface area contributed by atoms with E-state index in [1.165, 1.54) is 18.3 Å². The number of nitrogens with zero attached hydrogens (tertiary/aromatic N) is 2. The molecule has 0 aromatic heterocycles. The van der Waals surface area contributed by atoms with Crippen molar-refractivity contribution in [2.24, 2.45) is 0 Å². The standard InChI is InChI=1S/C17H20ClN5O5/c1-17(2,3)28-16(25)21-7-6-20-10-11(9-19)15(24)22-12-4-5-13(18)14(8-12)23(26)27/h4-5,8,10,20H,6-7H2,1-3H3,(H,21,25)(H,22,24)/b11-10-. The van der Waals surface area contributed by atoms with Gasteiger partial charge in [0.25, 0.3) is 11.6 Å². The molecule has 28 heavy (non-hydrogen) atoms. The molecule has 1 rings (SSSR count). The third-order valence-electron chi connectivity index (χ3n) is 2.95. The van der Waals surface area contributed by atoms with Gasteiger partial charge in [0.1, 0.15) is 22.3 Å². The minimum absolute atomic E-state index is 0.0711. The summed E-state index contributed by atoms with van der Waals surface area (Å²) in [5.41, 5.74) is -1.11. The highest BCUT2D eigenvalue weighted by Gasteiger charge is 2.16. The van der Waals surface area contributed by atoms with E-state index in [1.54, 1.807) is 26.8 Å². The van der Waals surface area contributed by atoms with E-state index < -0.39 is 22.5 Å². The second kappa shape index (κ2) is 10.1. The summed E-state index contributed by atoms with van der Waals surface area (Å²) in [7, 11) is 0. The van der Waals surface area contributed by atoms with Gasteiger partial charge in [-0.2, -0.15) is 5.26 Å². The molecule has 0 saturated heterocycles. The quantitative estimate of drug-likeness (QED) is 0.206. The van der Waals surface area contributed by atoms with Crippen molar-refractivity contribution in [3.05, 3.63) is 45.1 Å². The number of carbonyl (C=O) groups excluding carboxylic acids is 2. The number of carbonyl (C=O) groups is 2. The van der Waals surface area contributed by atoms with Crippen LogP contribution in [0.4, 0.5) is 16.2 Å². The van der Waals surface area contributed by atoms with E-state index in [0.717, 1.165) is 6.07 Å². The van der Waals surface area contributed by atoms with Crippen molar-refractivity contribution in [1.82, 2.24) is 10.6 Å². The number of anilines is 1. The van der Waals surface area contributed by atoms with Crippen LogP contribution in [-0.4, -0.2) is 35.6 Å². The Labute approximate surface area is 166 Å². The molecule has 0 radical (unpaired) electrons. The van der Waals surface area contributed by atoms with E-state index in [4.69, 9.17) is 21.6 Å². The van der Waals surface area contributed by atoms with Crippen LogP contribution < -0.4 is 16.0 Å². The first-order valence-electron chi connectivity index (χ1n) is 8.09. The molecule has 0 aliphatic carbocycles. The number of rotatable bonds is 7. The summed E-state index contributed by atoms with van der Waals surface area (Å²) in [4.78, 5) is 33.8. The molecule has 0 unspecified atom stereocenters. The van der Waals surface area contributed by atoms with Gasteiger partial charge in [0.2, 0.25) is 0 Å². The molecule has 0 atom stereocenters. The van der Waals surface area contributed by atoms with Crippen LogP contribution in [-0.2, 0) is 9.53 Å². The topological polar surface area (TPSA) is 146 Å². The van der Waals surface area contributed by atoms with Gasteiger partial charge in [-0.25, -0.2) is 4.79 Å². The van der Waals surface area contributed by atoms with E-state index in [1.807, 2.05) is 0 Å². The summed E-state index contributed by atoms with van der Waals surface area (Å²) in [6, 6.07) is 5.45. The number of nitrogens with one attached hydrogen (secondary N) is 3. The van der Waals surface area contributed by atoms with Gasteiger partial charge in [-0.15, -0.1) is 0 Å². The number of alkyl carbamates (subject to hydrolysis) is 1. The average molecular weight is 410 g/mol. The molecule has 1 aromatic rings. The van der Waals surface area contributed by atoms with Crippen molar-refractivity contribution in [3.63, 3.8) is 0 Å². The molecule has 0 bridgehead atoms. The van der Waals surface area contributed by atoms with Crippen molar-refractivity contribution in [2.75, 3.05) is 18.4 Å². The lowest BCUT2D eigenvalue weighted by Crippen LogP contribution is -2.35. The van der Waals surface area contributed by atoms with Gasteiger partial charge in [0.15, 0.2) is 0 Å². The highest BCUT2D eigenvalue weighted by molar-refractivity contribution is 6.32. The first-order chi connectivity index (χ1) is 13.0. The zero-order valence-electron chi connectivity index (χ0n) is 15.5. The van der Waals surface area contributed by atoms with Crippen molar-refractivity contribution in [1.29, 1.82) is 5.26 Å². The Kier molecular flexibility index (Phi) is 8.22. The first kappa shape index (κ1) is 22.7. The van der Waals surface area contributed by atoms with Gasteiger partial charge in [-0.1, -0.05) is 11.6 Å². The Balaban J connectivity index is 2.57. The first-order valence-corrected chi connectivity index (χ1v) is 8.47. The molecule has 1 aromatic carbocycles. The minimum atomic E-state index is -0.758. The zero-order chi connectivity index (χ0) is 21.3. The number of amides is 2.